The van der Waals surface area contributed by atoms with Gasteiger partial charge in [0.2, 0.25) is 0 Å². The molecule has 0 radical (unpaired) electrons. The standard InChI is InChI=1S/C15H16NO4P/c16-15(17)21(18,19-11-13-7-3-1-4-8-13)20-12-14-9-5-2-6-10-14/h1-10H,11-12H2,(H2,16,17). The monoisotopic (exact) mass is 305 g/mol. The van der Waals surface area contributed by atoms with Crippen molar-refractivity contribution in [1.29, 1.82) is 0 Å². The van der Waals surface area contributed by atoms with Crippen molar-refractivity contribution in [2.24, 2.45) is 5.73 Å². The van der Waals surface area contributed by atoms with Gasteiger partial charge in [-0.15, -0.1) is 0 Å². The molecular weight excluding hydrogens is 289 g/mol. The summed E-state index contributed by atoms with van der Waals surface area (Å²) in [5.41, 5.74) is 5.62. The molecule has 0 spiro atoms. The van der Waals surface area contributed by atoms with Crippen LogP contribution in [0.1, 0.15) is 11.1 Å². The lowest BCUT2D eigenvalue weighted by molar-refractivity contribution is 0.188. The minimum atomic E-state index is -3.98. The molecule has 0 fully saturated rings. The highest BCUT2D eigenvalue weighted by molar-refractivity contribution is 7.71. The second-order valence-corrected chi connectivity index (χ2v) is 6.31. The van der Waals surface area contributed by atoms with E-state index in [-0.39, 0.29) is 13.2 Å². The molecule has 0 aromatic heterocycles. The molecule has 0 heterocycles. The van der Waals surface area contributed by atoms with Gasteiger partial charge in [-0.1, -0.05) is 60.7 Å². The highest BCUT2D eigenvalue weighted by atomic mass is 31.2. The molecule has 5 nitrogen and oxygen atoms in total. The molecule has 2 N–H and O–H groups in total. The third-order valence-electron chi connectivity index (χ3n) is 2.76. The van der Waals surface area contributed by atoms with Crippen LogP contribution in [-0.4, -0.2) is 5.65 Å². The summed E-state index contributed by atoms with van der Waals surface area (Å²) >= 11 is 0. The van der Waals surface area contributed by atoms with Gasteiger partial charge in [-0.25, -0.2) is 4.57 Å². The molecule has 21 heavy (non-hydrogen) atoms. The van der Waals surface area contributed by atoms with E-state index in [9.17, 15) is 9.36 Å². The van der Waals surface area contributed by atoms with Crippen LogP contribution in [0.25, 0.3) is 0 Å². The van der Waals surface area contributed by atoms with Gasteiger partial charge in [0.1, 0.15) is 0 Å². The molecule has 1 amide bonds. The fraction of sp³-hybridized carbons (Fsp3) is 0.133. The molecule has 2 rings (SSSR count). The maximum absolute atomic E-state index is 12.3. The van der Waals surface area contributed by atoms with Gasteiger partial charge in [0.05, 0.1) is 13.2 Å². The van der Waals surface area contributed by atoms with Crippen molar-refractivity contribution in [3.8, 4) is 0 Å². The number of hydrogen-bond acceptors (Lipinski definition) is 4. The van der Waals surface area contributed by atoms with Gasteiger partial charge < -0.3 is 5.73 Å². The molecule has 0 saturated carbocycles. The number of nitrogens with two attached hydrogens (primary N) is 1. The van der Waals surface area contributed by atoms with Crippen molar-refractivity contribution in [2.45, 2.75) is 13.2 Å². The summed E-state index contributed by atoms with van der Waals surface area (Å²) in [5, 5.41) is 0. The van der Waals surface area contributed by atoms with Gasteiger partial charge in [-0.2, -0.15) is 0 Å². The second-order valence-electron chi connectivity index (χ2n) is 4.35. The van der Waals surface area contributed by atoms with Crippen molar-refractivity contribution >= 4 is 13.2 Å². The van der Waals surface area contributed by atoms with Gasteiger partial charge >= 0.3 is 13.2 Å². The van der Waals surface area contributed by atoms with Crippen molar-refractivity contribution in [3.05, 3.63) is 71.8 Å². The zero-order chi connectivity index (χ0) is 15.1. The minimum absolute atomic E-state index is 0.00412. The van der Waals surface area contributed by atoms with Crippen LogP contribution in [0.2, 0.25) is 0 Å². The first-order valence-electron chi connectivity index (χ1n) is 6.37. The van der Waals surface area contributed by atoms with E-state index in [2.05, 4.69) is 0 Å². The van der Waals surface area contributed by atoms with Crippen molar-refractivity contribution in [1.82, 2.24) is 0 Å². The summed E-state index contributed by atoms with van der Waals surface area (Å²) in [6, 6.07) is 18.1. The summed E-state index contributed by atoms with van der Waals surface area (Å²) in [7, 11) is -3.98. The molecule has 0 aliphatic carbocycles. The molecule has 6 heteroatoms. The molecule has 2 aromatic carbocycles. The van der Waals surface area contributed by atoms with E-state index in [1.807, 2.05) is 36.4 Å². The number of hydrogen-bond donors (Lipinski definition) is 1. The zero-order valence-corrected chi connectivity index (χ0v) is 12.2. The molecule has 0 aliphatic rings. The lowest BCUT2D eigenvalue weighted by Gasteiger charge is -2.15. The topological polar surface area (TPSA) is 78.6 Å². The third kappa shape index (κ3) is 4.53. The first-order chi connectivity index (χ1) is 10.1. The SMILES string of the molecule is NC(=O)P(=O)(OCc1ccccc1)OCc1ccccc1. The van der Waals surface area contributed by atoms with Crippen LogP contribution in [0, 0.1) is 0 Å². The molecule has 0 atom stereocenters. The fourth-order valence-corrected chi connectivity index (χ4v) is 2.60. The Morgan fingerprint density at radius 2 is 1.24 bits per heavy atom. The Morgan fingerprint density at radius 3 is 1.57 bits per heavy atom. The highest BCUT2D eigenvalue weighted by Crippen LogP contribution is 2.49. The summed E-state index contributed by atoms with van der Waals surface area (Å²) in [6.07, 6.45) is 0. The predicted octanol–water partition coefficient (Wildman–Crippen LogP) is 3.69. The number of primary amides is 1. The smallest absolute Gasteiger partial charge is 0.359 e. The van der Waals surface area contributed by atoms with E-state index in [1.165, 1.54) is 0 Å². The first-order valence-corrected chi connectivity index (χ1v) is 7.91. The summed E-state index contributed by atoms with van der Waals surface area (Å²) in [6.45, 7) is -0.00824. The van der Waals surface area contributed by atoms with Crippen molar-refractivity contribution in [3.63, 3.8) is 0 Å². The third-order valence-corrected chi connectivity index (χ3v) is 4.24. The summed E-state index contributed by atoms with van der Waals surface area (Å²) in [5.74, 6) is 0. The first kappa shape index (κ1) is 15.4. The maximum Gasteiger partial charge on any atom is 0.418 e. The maximum atomic E-state index is 12.3. The Morgan fingerprint density at radius 1 is 0.857 bits per heavy atom. The van der Waals surface area contributed by atoms with Gasteiger partial charge in [0.15, 0.2) is 0 Å². The number of carbonyl (C=O) groups excluding carboxylic acids is 1. The summed E-state index contributed by atoms with van der Waals surface area (Å²) in [4.78, 5) is 11.4. The molecule has 0 aliphatic heterocycles. The summed E-state index contributed by atoms with van der Waals surface area (Å²) < 4.78 is 22.7. The lowest BCUT2D eigenvalue weighted by atomic mass is 10.2. The van der Waals surface area contributed by atoms with Crippen LogP contribution >= 0.6 is 7.60 Å². The quantitative estimate of drug-likeness (QED) is 0.791. The number of amides is 1. The second kappa shape index (κ2) is 7.18. The van der Waals surface area contributed by atoms with Crippen molar-refractivity contribution < 1.29 is 18.4 Å². The van der Waals surface area contributed by atoms with Gasteiger partial charge in [0, 0.05) is 0 Å². The van der Waals surface area contributed by atoms with E-state index in [4.69, 9.17) is 14.8 Å². The van der Waals surface area contributed by atoms with E-state index in [0.29, 0.717) is 0 Å². The fourth-order valence-electron chi connectivity index (χ4n) is 1.63. The molecule has 110 valence electrons. The normalized spacial score (nSPS) is 11.2. The predicted molar refractivity (Wildman–Crippen MR) is 79.7 cm³/mol. The number of rotatable bonds is 7. The zero-order valence-electron chi connectivity index (χ0n) is 11.3. The number of benzene rings is 2. The number of carbonyl (C=O) groups is 1. The molecule has 0 unspecified atom stereocenters. The molecule has 0 bridgehead atoms. The average molecular weight is 305 g/mol. The van der Waals surface area contributed by atoms with Crippen molar-refractivity contribution in [2.75, 3.05) is 0 Å². The van der Waals surface area contributed by atoms with Crippen LogP contribution in [0.15, 0.2) is 60.7 Å². The van der Waals surface area contributed by atoms with Crippen LogP contribution in [0.3, 0.4) is 0 Å². The van der Waals surface area contributed by atoms with Gasteiger partial charge in [-0.3, -0.25) is 13.8 Å². The molecule has 2 aromatic rings. The van der Waals surface area contributed by atoms with Crippen LogP contribution in [-0.2, 0) is 26.8 Å². The Labute approximate surface area is 123 Å². The Bertz CT molecular complexity index is 583. The Balaban J connectivity index is 1.99. The molecular formula is C15H16NO4P. The lowest BCUT2D eigenvalue weighted by Crippen LogP contribution is -2.13. The minimum Gasteiger partial charge on any atom is -0.359 e. The molecule has 0 saturated heterocycles. The van der Waals surface area contributed by atoms with Crippen LogP contribution in [0.4, 0.5) is 4.79 Å². The average Bonchev–Trinajstić information content (AvgIpc) is 2.53. The van der Waals surface area contributed by atoms with E-state index >= 15 is 0 Å². The van der Waals surface area contributed by atoms with Gasteiger partial charge in [-0.05, 0) is 11.1 Å². The Hall–Kier alpha value is -1.94. The van der Waals surface area contributed by atoms with E-state index < -0.39 is 13.2 Å². The van der Waals surface area contributed by atoms with Crippen LogP contribution < -0.4 is 5.73 Å². The van der Waals surface area contributed by atoms with Crippen LogP contribution in [0.5, 0.6) is 0 Å². The largest absolute Gasteiger partial charge is 0.418 e. The Kier molecular flexibility index (Phi) is 5.28. The van der Waals surface area contributed by atoms with E-state index in [1.54, 1.807) is 24.3 Å². The van der Waals surface area contributed by atoms with E-state index in [0.717, 1.165) is 11.1 Å². The van der Waals surface area contributed by atoms with Gasteiger partial charge in [0.25, 0.3) is 0 Å². The highest BCUT2D eigenvalue weighted by Gasteiger charge is 2.32.